The van der Waals surface area contributed by atoms with Crippen molar-refractivity contribution in [1.29, 1.82) is 0 Å². The Balaban J connectivity index is 2.01. The van der Waals surface area contributed by atoms with Crippen molar-refractivity contribution in [2.24, 2.45) is 0 Å². The fourth-order valence-corrected chi connectivity index (χ4v) is 1.94. The maximum absolute atomic E-state index is 12.1. The van der Waals surface area contributed by atoms with Crippen LogP contribution in [0.2, 0.25) is 0 Å². The quantitative estimate of drug-likeness (QED) is 0.748. The molecule has 4 N–H and O–H groups in total. The van der Waals surface area contributed by atoms with Gasteiger partial charge in [-0.15, -0.1) is 13.2 Å². The number of anilines is 2. The van der Waals surface area contributed by atoms with Gasteiger partial charge in [0, 0.05) is 5.69 Å². The van der Waals surface area contributed by atoms with Crippen LogP contribution in [-0.2, 0) is 0 Å². The third-order valence-corrected chi connectivity index (χ3v) is 2.79. The minimum absolute atomic E-state index is 0.0243. The number of hydrogen-bond acceptors (Lipinski definition) is 6. The van der Waals surface area contributed by atoms with Crippen molar-refractivity contribution in [2.75, 3.05) is 11.5 Å². The molecule has 0 aliphatic carbocycles. The van der Waals surface area contributed by atoms with Crippen molar-refractivity contribution in [1.82, 2.24) is 19.5 Å². The Morgan fingerprint density at radius 1 is 1.05 bits per heavy atom. The average Bonchev–Trinajstić information content (AvgIpc) is 2.82. The van der Waals surface area contributed by atoms with Gasteiger partial charge in [0.15, 0.2) is 17.0 Å². The van der Waals surface area contributed by atoms with Crippen LogP contribution >= 0.6 is 0 Å². The summed E-state index contributed by atoms with van der Waals surface area (Å²) in [7, 11) is 0. The van der Waals surface area contributed by atoms with E-state index in [1.165, 1.54) is 35.2 Å². The molecular formula is C12H9F3N6O. The molecule has 0 saturated heterocycles. The SMILES string of the molecule is Nc1nc(N)c2ncn(-c3ccc(OC(F)(F)F)cc3)c2n1. The van der Waals surface area contributed by atoms with Gasteiger partial charge in [0.05, 0.1) is 0 Å². The molecular weight excluding hydrogens is 301 g/mol. The third kappa shape index (κ3) is 2.57. The summed E-state index contributed by atoms with van der Waals surface area (Å²) in [6.07, 6.45) is -3.31. The average molecular weight is 310 g/mol. The molecule has 2 aromatic heterocycles. The first-order valence-corrected chi connectivity index (χ1v) is 5.96. The molecule has 0 radical (unpaired) electrons. The maximum atomic E-state index is 12.1. The summed E-state index contributed by atoms with van der Waals surface area (Å²) in [4.78, 5) is 11.9. The fraction of sp³-hybridized carbons (Fsp3) is 0.0833. The summed E-state index contributed by atoms with van der Waals surface area (Å²) in [5.74, 6) is -0.226. The van der Waals surface area contributed by atoms with Gasteiger partial charge in [0.2, 0.25) is 5.95 Å². The van der Waals surface area contributed by atoms with E-state index in [2.05, 4.69) is 19.7 Å². The largest absolute Gasteiger partial charge is 0.573 e. The van der Waals surface area contributed by atoms with Gasteiger partial charge in [-0.3, -0.25) is 4.57 Å². The summed E-state index contributed by atoms with van der Waals surface area (Å²) in [6, 6.07) is 5.22. The molecule has 0 bridgehead atoms. The van der Waals surface area contributed by atoms with Gasteiger partial charge >= 0.3 is 6.36 Å². The lowest BCUT2D eigenvalue weighted by atomic mass is 10.3. The molecule has 3 rings (SSSR count). The zero-order valence-electron chi connectivity index (χ0n) is 10.9. The van der Waals surface area contributed by atoms with Crippen LogP contribution in [0.5, 0.6) is 5.75 Å². The molecule has 0 aliphatic heterocycles. The lowest BCUT2D eigenvalue weighted by Crippen LogP contribution is -2.17. The van der Waals surface area contributed by atoms with Gasteiger partial charge in [0.1, 0.15) is 12.1 Å². The van der Waals surface area contributed by atoms with Crippen molar-refractivity contribution in [2.45, 2.75) is 6.36 Å². The maximum Gasteiger partial charge on any atom is 0.573 e. The Kier molecular flexibility index (Phi) is 3.01. The van der Waals surface area contributed by atoms with E-state index in [9.17, 15) is 13.2 Å². The highest BCUT2D eigenvalue weighted by Crippen LogP contribution is 2.25. The number of imidazole rings is 1. The normalized spacial score (nSPS) is 11.8. The van der Waals surface area contributed by atoms with Gasteiger partial charge in [-0.2, -0.15) is 9.97 Å². The lowest BCUT2D eigenvalue weighted by Gasteiger charge is -2.09. The summed E-state index contributed by atoms with van der Waals surface area (Å²) in [5.41, 5.74) is 12.5. The lowest BCUT2D eigenvalue weighted by molar-refractivity contribution is -0.274. The van der Waals surface area contributed by atoms with Crippen molar-refractivity contribution in [3.05, 3.63) is 30.6 Å². The van der Waals surface area contributed by atoms with Crippen molar-refractivity contribution in [3.8, 4) is 11.4 Å². The van der Waals surface area contributed by atoms with E-state index >= 15 is 0 Å². The van der Waals surface area contributed by atoms with Crippen LogP contribution in [0.1, 0.15) is 0 Å². The number of aromatic nitrogens is 4. The van der Waals surface area contributed by atoms with E-state index in [1.807, 2.05) is 0 Å². The second kappa shape index (κ2) is 4.76. The fourth-order valence-electron chi connectivity index (χ4n) is 1.94. The van der Waals surface area contributed by atoms with E-state index in [1.54, 1.807) is 0 Å². The number of halogens is 3. The molecule has 10 heteroatoms. The molecule has 22 heavy (non-hydrogen) atoms. The molecule has 0 saturated carbocycles. The molecule has 0 atom stereocenters. The molecule has 1 aromatic carbocycles. The zero-order valence-corrected chi connectivity index (χ0v) is 10.9. The highest BCUT2D eigenvalue weighted by molar-refractivity contribution is 5.83. The molecule has 2 heterocycles. The minimum atomic E-state index is -4.74. The van der Waals surface area contributed by atoms with Crippen molar-refractivity contribution in [3.63, 3.8) is 0 Å². The number of nitrogens with two attached hydrogens (primary N) is 2. The number of nitrogens with zero attached hydrogens (tertiary/aromatic N) is 4. The Bertz CT molecular complexity index is 827. The molecule has 0 fully saturated rings. The van der Waals surface area contributed by atoms with Gasteiger partial charge in [0.25, 0.3) is 0 Å². The Hall–Kier alpha value is -3.04. The number of nitrogen functional groups attached to an aromatic ring is 2. The highest BCUT2D eigenvalue weighted by Gasteiger charge is 2.31. The number of fused-ring (bicyclic) bond motifs is 1. The zero-order chi connectivity index (χ0) is 15.9. The summed E-state index contributed by atoms with van der Waals surface area (Å²) in [5, 5.41) is 0. The smallest absolute Gasteiger partial charge is 0.406 e. The summed E-state index contributed by atoms with van der Waals surface area (Å²) in [6.45, 7) is 0. The Morgan fingerprint density at radius 3 is 2.36 bits per heavy atom. The summed E-state index contributed by atoms with van der Waals surface area (Å²) < 4.78 is 41.7. The number of benzene rings is 1. The first-order valence-electron chi connectivity index (χ1n) is 5.96. The second-order valence-corrected chi connectivity index (χ2v) is 4.30. The predicted octanol–water partition coefficient (Wildman–Crippen LogP) is 1.88. The monoisotopic (exact) mass is 310 g/mol. The van der Waals surface area contributed by atoms with Gasteiger partial charge in [-0.05, 0) is 24.3 Å². The van der Waals surface area contributed by atoms with Crippen LogP contribution in [0.25, 0.3) is 16.9 Å². The number of rotatable bonds is 2. The van der Waals surface area contributed by atoms with Crippen LogP contribution in [0.4, 0.5) is 24.9 Å². The number of hydrogen-bond donors (Lipinski definition) is 2. The van der Waals surface area contributed by atoms with Crippen LogP contribution < -0.4 is 16.2 Å². The van der Waals surface area contributed by atoms with Crippen LogP contribution in [-0.4, -0.2) is 25.9 Å². The summed E-state index contributed by atoms with van der Waals surface area (Å²) >= 11 is 0. The third-order valence-electron chi connectivity index (χ3n) is 2.79. The predicted molar refractivity (Wildman–Crippen MR) is 72.2 cm³/mol. The molecule has 3 aromatic rings. The standard InChI is InChI=1S/C12H9F3N6O/c13-12(14,15)22-7-3-1-6(2-4-7)21-5-18-8-9(16)19-11(17)20-10(8)21/h1-5H,(H4,16,17,19,20). The van der Waals surface area contributed by atoms with Gasteiger partial charge in [-0.1, -0.05) is 0 Å². The first kappa shape index (κ1) is 13.9. The van der Waals surface area contributed by atoms with Crippen molar-refractivity contribution >= 4 is 22.9 Å². The second-order valence-electron chi connectivity index (χ2n) is 4.30. The van der Waals surface area contributed by atoms with Crippen LogP contribution in [0, 0.1) is 0 Å². The van der Waals surface area contributed by atoms with E-state index in [4.69, 9.17) is 11.5 Å². The Labute approximate surface area is 121 Å². The minimum Gasteiger partial charge on any atom is -0.406 e. The van der Waals surface area contributed by atoms with E-state index in [0.717, 1.165) is 0 Å². The molecule has 7 nitrogen and oxygen atoms in total. The molecule has 0 unspecified atom stereocenters. The molecule has 0 spiro atoms. The van der Waals surface area contributed by atoms with Crippen molar-refractivity contribution < 1.29 is 17.9 Å². The van der Waals surface area contributed by atoms with E-state index in [0.29, 0.717) is 16.9 Å². The van der Waals surface area contributed by atoms with Gasteiger partial charge in [-0.25, -0.2) is 4.98 Å². The molecule has 114 valence electrons. The Morgan fingerprint density at radius 2 is 1.73 bits per heavy atom. The highest BCUT2D eigenvalue weighted by atomic mass is 19.4. The van der Waals surface area contributed by atoms with E-state index in [-0.39, 0.29) is 17.5 Å². The topological polar surface area (TPSA) is 105 Å². The van der Waals surface area contributed by atoms with Crippen LogP contribution in [0.3, 0.4) is 0 Å². The van der Waals surface area contributed by atoms with Crippen LogP contribution in [0.15, 0.2) is 30.6 Å². The van der Waals surface area contributed by atoms with E-state index < -0.39 is 6.36 Å². The number of alkyl halides is 3. The first-order chi connectivity index (χ1) is 10.3. The number of ether oxygens (including phenoxy) is 1. The van der Waals surface area contributed by atoms with Gasteiger partial charge < -0.3 is 16.2 Å². The molecule has 0 amide bonds. The molecule has 0 aliphatic rings.